The van der Waals surface area contributed by atoms with Gasteiger partial charge in [0.05, 0.1) is 13.3 Å². The van der Waals surface area contributed by atoms with Crippen LogP contribution in [-0.2, 0) is 13.5 Å². The van der Waals surface area contributed by atoms with E-state index in [1.165, 1.54) is 5.56 Å². The Bertz CT molecular complexity index is 553. The van der Waals surface area contributed by atoms with Crippen LogP contribution < -0.4 is 10.1 Å². The lowest BCUT2D eigenvalue weighted by molar-refractivity contribution is 0.401. The highest BCUT2D eigenvalue weighted by atomic mass is 35.5. The molecule has 2 rings (SSSR count). The molecule has 0 radical (unpaired) electrons. The molecule has 4 nitrogen and oxygen atoms in total. The van der Waals surface area contributed by atoms with Crippen LogP contribution in [0.1, 0.15) is 17.2 Å². The van der Waals surface area contributed by atoms with Gasteiger partial charge in [0.1, 0.15) is 5.75 Å². The lowest BCUT2D eigenvalue weighted by Crippen LogP contribution is -2.19. The molecule has 1 N–H and O–H groups in total. The van der Waals surface area contributed by atoms with Gasteiger partial charge in [-0.3, -0.25) is 4.68 Å². The van der Waals surface area contributed by atoms with Gasteiger partial charge in [0.15, 0.2) is 0 Å². The summed E-state index contributed by atoms with van der Waals surface area (Å²) in [6.45, 7) is 0. The molecule has 1 atom stereocenters. The molecule has 0 aliphatic rings. The largest absolute Gasteiger partial charge is 0.496 e. The second kappa shape index (κ2) is 6.08. The van der Waals surface area contributed by atoms with Crippen LogP contribution in [0.15, 0.2) is 30.6 Å². The first kappa shape index (κ1) is 13.9. The minimum absolute atomic E-state index is 0.163. The highest BCUT2D eigenvalue weighted by Gasteiger charge is 2.16. The van der Waals surface area contributed by atoms with Crippen molar-refractivity contribution in [2.45, 2.75) is 12.5 Å². The van der Waals surface area contributed by atoms with Gasteiger partial charge < -0.3 is 10.1 Å². The minimum Gasteiger partial charge on any atom is -0.496 e. The van der Waals surface area contributed by atoms with Crippen LogP contribution in [0.3, 0.4) is 0 Å². The Morgan fingerprint density at radius 1 is 1.47 bits per heavy atom. The molecule has 2 aromatic rings. The molecule has 0 aliphatic heterocycles. The van der Waals surface area contributed by atoms with Gasteiger partial charge >= 0.3 is 0 Å². The van der Waals surface area contributed by atoms with Crippen molar-refractivity contribution in [1.29, 1.82) is 0 Å². The van der Waals surface area contributed by atoms with Crippen LogP contribution in [0.25, 0.3) is 0 Å². The smallest absolute Gasteiger partial charge is 0.125 e. The normalized spacial score (nSPS) is 12.4. The van der Waals surface area contributed by atoms with Crippen LogP contribution in [0, 0.1) is 0 Å². The summed E-state index contributed by atoms with van der Waals surface area (Å²) in [5, 5.41) is 8.18. The summed E-state index contributed by atoms with van der Waals surface area (Å²) in [4.78, 5) is 0. The van der Waals surface area contributed by atoms with Gasteiger partial charge in [0.25, 0.3) is 0 Å². The summed E-state index contributed by atoms with van der Waals surface area (Å²) in [5.41, 5.74) is 2.28. The molecular weight excluding hydrogens is 262 g/mol. The number of aromatic nitrogens is 2. The molecule has 0 bridgehead atoms. The third-order valence-corrected chi connectivity index (χ3v) is 3.35. The molecule has 1 heterocycles. The highest BCUT2D eigenvalue weighted by Crippen LogP contribution is 2.30. The number of ether oxygens (including phenoxy) is 1. The average molecular weight is 280 g/mol. The van der Waals surface area contributed by atoms with Crippen molar-refractivity contribution in [2.75, 3.05) is 14.2 Å². The molecule has 0 aliphatic carbocycles. The standard InChI is InChI=1S/C14H18ClN3O/c1-16-13(6-10-8-17-18(2)9-10)12-5-4-11(15)7-14(12)19-3/h4-5,7-9,13,16H,6H2,1-3H3. The number of rotatable bonds is 5. The lowest BCUT2D eigenvalue weighted by Gasteiger charge is -2.19. The summed E-state index contributed by atoms with van der Waals surface area (Å²) in [6, 6.07) is 5.88. The Morgan fingerprint density at radius 2 is 2.26 bits per heavy atom. The summed E-state index contributed by atoms with van der Waals surface area (Å²) >= 11 is 5.99. The maximum Gasteiger partial charge on any atom is 0.125 e. The summed E-state index contributed by atoms with van der Waals surface area (Å²) in [6.07, 6.45) is 4.75. The maximum absolute atomic E-state index is 5.99. The molecule has 1 aromatic heterocycles. The minimum atomic E-state index is 0.163. The number of hydrogen-bond donors (Lipinski definition) is 1. The summed E-state index contributed by atoms with van der Waals surface area (Å²) in [7, 11) is 5.52. The van der Waals surface area contributed by atoms with Crippen LogP contribution in [0.5, 0.6) is 5.75 Å². The summed E-state index contributed by atoms with van der Waals surface area (Å²) < 4.78 is 7.21. The predicted octanol–water partition coefficient (Wildman–Crippen LogP) is 2.59. The predicted molar refractivity (Wildman–Crippen MR) is 76.7 cm³/mol. The van der Waals surface area contributed by atoms with E-state index in [0.29, 0.717) is 5.02 Å². The van der Waals surface area contributed by atoms with E-state index in [9.17, 15) is 0 Å². The van der Waals surface area contributed by atoms with E-state index in [0.717, 1.165) is 17.7 Å². The number of halogens is 1. The fourth-order valence-corrected chi connectivity index (χ4v) is 2.32. The molecular formula is C14H18ClN3O. The fourth-order valence-electron chi connectivity index (χ4n) is 2.15. The molecule has 1 unspecified atom stereocenters. The van der Waals surface area contributed by atoms with E-state index in [-0.39, 0.29) is 6.04 Å². The van der Waals surface area contributed by atoms with Crippen LogP contribution in [0.4, 0.5) is 0 Å². The molecule has 0 amide bonds. The van der Waals surface area contributed by atoms with Crippen LogP contribution in [-0.4, -0.2) is 23.9 Å². The monoisotopic (exact) mass is 279 g/mol. The maximum atomic E-state index is 5.99. The first-order valence-electron chi connectivity index (χ1n) is 6.12. The van der Waals surface area contributed by atoms with Gasteiger partial charge in [0, 0.05) is 29.9 Å². The third-order valence-electron chi connectivity index (χ3n) is 3.12. The van der Waals surface area contributed by atoms with Gasteiger partial charge in [-0.05, 0) is 31.2 Å². The van der Waals surface area contributed by atoms with E-state index < -0.39 is 0 Å². The third kappa shape index (κ3) is 3.28. The quantitative estimate of drug-likeness (QED) is 0.914. The van der Waals surface area contributed by atoms with E-state index in [1.807, 2.05) is 44.7 Å². The molecule has 0 spiro atoms. The lowest BCUT2D eigenvalue weighted by atomic mass is 10.00. The molecule has 19 heavy (non-hydrogen) atoms. The molecule has 0 fully saturated rings. The van der Waals surface area contributed by atoms with Crippen molar-refractivity contribution < 1.29 is 4.74 Å². The van der Waals surface area contributed by atoms with Crippen molar-refractivity contribution in [3.8, 4) is 5.75 Å². The molecule has 1 aromatic carbocycles. The van der Waals surface area contributed by atoms with Gasteiger partial charge in [-0.1, -0.05) is 17.7 Å². The Morgan fingerprint density at radius 3 is 2.84 bits per heavy atom. The Balaban J connectivity index is 2.26. The van der Waals surface area contributed by atoms with Crippen molar-refractivity contribution in [3.05, 3.63) is 46.7 Å². The Hall–Kier alpha value is -1.52. The SMILES string of the molecule is CNC(Cc1cnn(C)c1)c1ccc(Cl)cc1OC. The highest BCUT2D eigenvalue weighted by molar-refractivity contribution is 6.30. The molecule has 5 heteroatoms. The van der Waals surface area contributed by atoms with Crippen LogP contribution in [0.2, 0.25) is 5.02 Å². The number of likely N-dealkylation sites (N-methyl/N-ethyl adjacent to an activating group) is 1. The average Bonchev–Trinajstić information content (AvgIpc) is 2.81. The van der Waals surface area contributed by atoms with Crippen molar-refractivity contribution in [2.24, 2.45) is 7.05 Å². The topological polar surface area (TPSA) is 39.1 Å². The number of nitrogens with zero attached hydrogens (tertiary/aromatic N) is 2. The van der Waals surface area contributed by atoms with Gasteiger partial charge in [-0.25, -0.2) is 0 Å². The fraction of sp³-hybridized carbons (Fsp3) is 0.357. The molecule has 0 saturated heterocycles. The first-order chi connectivity index (χ1) is 9.13. The number of hydrogen-bond acceptors (Lipinski definition) is 3. The van der Waals surface area contributed by atoms with E-state index in [2.05, 4.69) is 10.4 Å². The number of nitrogens with one attached hydrogen (secondary N) is 1. The van der Waals surface area contributed by atoms with Gasteiger partial charge in [-0.2, -0.15) is 5.10 Å². The van der Waals surface area contributed by atoms with Crippen LogP contribution >= 0.6 is 11.6 Å². The second-order valence-corrected chi connectivity index (χ2v) is 4.89. The zero-order chi connectivity index (χ0) is 13.8. The van der Waals surface area contributed by atoms with Crippen molar-refractivity contribution >= 4 is 11.6 Å². The Labute approximate surface area is 118 Å². The van der Waals surface area contributed by atoms with Gasteiger partial charge in [-0.15, -0.1) is 0 Å². The first-order valence-corrected chi connectivity index (χ1v) is 6.50. The zero-order valence-electron chi connectivity index (χ0n) is 11.4. The van der Waals surface area contributed by atoms with Gasteiger partial charge in [0.2, 0.25) is 0 Å². The number of benzene rings is 1. The van der Waals surface area contributed by atoms with E-state index in [1.54, 1.807) is 11.8 Å². The number of methoxy groups -OCH3 is 1. The zero-order valence-corrected chi connectivity index (χ0v) is 12.1. The molecule has 0 saturated carbocycles. The van der Waals surface area contributed by atoms with E-state index >= 15 is 0 Å². The van der Waals surface area contributed by atoms with E-state index in [4.69, 9.17) is 16.3 Å². The second-order valence-electron chi connectivity index (χ2n) is 4.45. The van der Waals surface area contributed by atoms with Crippen molar-refractivity contribution in [1.82, 2.24) is 15.1 Å². The molecule has 102 valence electrons. The number of aryl methyl sites for hydroxylation is 1. The summed E-state index contributed by atoms with van der Waals surface area (Å²) in [5.74, 6) is 0.802. The Kier molecular flexibility index (Phi) is 4.45. The van der Waals surface area contributed by atoms with Crippen molar-refractivity contribution in [3.63, 3.8) is 0 Å².